The maximum atomic E-state index is 12.8. The zero-order valence-corrected chi connectivity index (χ0v) is 16.7. The summed E-state index contributed by atoms with van der Waals surface area (Å²) in [6.07, 6.45) is 1.14. The highest BCUT2D eigenvalue weighted by Crippen LogP contribution is 2.33. The normalized spacial score (nSPS) is 23.4. The maximum Gasteiger partial charge on any atom is 0.237 e. The topological polar surface area (TPSA) is 72.9 Å². The zero-order valence-electron chi connectivity index (χ0n) is 15.9. The van der Waals surface area contributed by atoms with Gasteiger partial charge in [0, 0.05) is 37.2 Å². The van der Waals surface area contributed by atoms with Gasteiger partial charge in [-0.05, 0) is 44.4 Å². The lowest BCUT2D eigenvalue weighted by molar-refractivity contribution is -0.142. The Kier molecular flexibility index (Phi) is 6.08. The molecule has 1 unspecified atom stereocenters. The van der Waals surface area contributed by atoms with Gasteiger partial charge in [0.2, 0.25) is 11.8 Å². The highest BCUT2D eigenvalue weighted by molar-refractivity contribution is 6.30. The van der Waals surface area contributed by atoms with Crippen molar-refractivity contribution in [3.05, 3.63) is 34.9 Å². The number of nitrogens with one attached hydrogen (secondary N) is 1. The summed E-state index contributed by atoms with van der Waals surface area (Å²) in [6, 6.07) is 7.02. The van der Waals surface area contributed by atoms with Crippen LogP contribution in [-0.2, 0) is 15.2 Å². The van der Waals surface area contributed by atoms with Crippen LogP contribution in [-0.4, -0.2) is 65.0 Å². The predicted octanol–water partition coefficient (Wildman–Crippen LogP) is 1.75. The van der Waals surface area contributed by atoms with Crippen molar-refractivity contribution in [3.8, 4) is 0 Å². The molecule has 2 heterocycles. The van der Waals surface area contributed by atoms with Crippen LogP contribution in [0.15, 0.2) is 24.3 Å². The second kappa shape index (κ2) is 8.17. The van der Waals surface area contributed by atoms with E-state index >= 15 is 0 Å². The van der Waals surface area contributed by atoms with Crippen LogP contribution in [0.4, 0.5) is 0 Å². The van der Waals surface area contributed by atoms with Crippen molar-refractivity contribution in [2.24, 2.45) is 0 Å². The highest BCUT2D eigenvalue weighted by atomic mass is 35.5. The van der Waals surface area contributed by atoms with Gasteiger partial charge in [0.1, 0.15) is 0 Å². The molecule has 0 aromatic heterocycles. The van der Waals surface area contributed by atoms with E-state index < -0.39 is 11.6 Å². The van der Waals surface area contributed by atoms with Crippen LogP contribution in [0.2, 0.25) is 5.02 Å². The molecule has 1 atom stereocenters. The van der Waals surface area contributed by atoms with Crippen LogP contribution >= 0.6 is 11.6 Å². The number of carbonyl (C=O) groups excluding carboxylic acids is 2. The van der Waals surface area contributed by atoms with Crippen LogP contribution in [0.1, 0.15) is 38.7 Å². The minimum atomic E-state index is -0.937. The van der Waals surface area contributed by atoms with E-state index in [1.165, 1.54) is 0 Å². The Bertz CT molecular complexity index is 684. The maximum absolute atomic E-state index is 12.8. The number of likely N-dealkylation sites (tertiary alicyclic amines) is 1. The molecule has 2 aliphatic heterocycles. The van der Waals surface area contributed by atoms with Gasteiger partial charge in [0.15, 0.2) is 0 Å². The molecule has 1 aromatic rings. The van der Waals surface area contributed by atoms with Crippen LogP contribution in [0.3, 0.4) is 0 Å². The van der Waals surface area contributed by atoms with E-state index in [4.69, 9.17) is 11.6 Å². The Morgan fingerprint density at radius 3 is 2.48 bits per heavy atom. The Morgan fingerprint density at radius 2 is 1.89 bits per heavy atom. The molecule has 148 valence electrons. The lowest BCUT2D eigenvalue weighted by atomic mass is 9.84. The number of rotatable bonds is 4. The number of piperidine rings is 1. The third-order valence-electron chi connectivity index (χ3n) is 5.73. The van der Waals surface area contributed by atoms with Gasteiger partial charge in [-0.1, -0.05) is 23.7 Å². The average molecular weight is 394 g/mol. The molecule has 1 aromatic carbocycles. The van der Waals surface area contributed by atoms with Crippen molar-refractivity contribution in [1.82, 2.24) is 15.1 Å². The molecule has 2 aliphatic rings. The summed E-state index contributed by atoms with van der Waals surface area (Å²) in [6.45, 7) is 6.44. The number of piperazine rings is 1. The molecule has 0 spiro atoms. The van der Waals surface area contributed by atoms with Crippen LogP contribution in [0.25, 0.3) is 0 Å². The number of carbonyl (C=O) groups is 2. The van der Waals surface area contributed by atoms with E-state index in [-0.39, 0.29) is 24.3 Å². The second-order valence-electron chi connectivity index (χ2n) is 7.76. The van der Waals surface area contributed by atoms with Gasteiger partial charge >= 0.3 is 0 Å². The molecule has 7 heteroatoms. The Morgan fingerprint density at radius 1 is 1.26 bits per heavy atom. The molecule has 2 amide bonds. The summed E-state index contributed by atoms with van der Waals surface area (Å²) < 4.78 is 0. The number of halogens is 1. The monoisotopic (exact) mass is 393 g/mol. The van der Waals surface area contributed by atoms with E-state index in [0.717, 1.165) is 12.1 Å². The first-order valence-corrected chi connectivity index (χ1v) is 9.97. The third-order valence-corrected chi connectivity index (χ3v) is 5.98. The smallest absolute Gasteiger partial charge is 0.237 e. The fourth-order valence-corrected chi connectivity index (χ4v) is 4.16. The first-order chi connectivity index (χ1) is 12.8. The molecular formula is C20H28ClN3O3. The predicted molar refractivity (Wildman–Crippen MR) is 104 cm³/mol. The standard InChI is InChI=1S/C20H28ClN3O3/c1-14(2)24-12-9-22-19(26)17(24)13-18(25)23-10-7-20(27,8-11-23)15-3-5-16(21)6-4-15/h3-6,14,17,27H,7-13H2,1-2H3,(H,22,26). The van der Waals surface area contributed by atoms with E-state index in [1.807, 2.05) is 26.0 Å². The van der Waals surface area contributed by atoms with Gasteiger partial charge < -0.3 is 15.3 Å². The van der Waals surface area contributed by atoms with Crippen molar-refractivity contribution in [2.45, 2.75) is 50.8 Å². The SMILES string of the molecule is CC(C)N1CCNC(=O)C1CC(=O)N1CCC(O)(c2ccc(Cl)cc2)CC1. The van der Waals surface area contributed by atoms with E-state index in [1.54, 1.807) is 17.0 Å². The van der Waals surface area contributed by atoms with E-state index in [2.05, 4.69) is 10.2 Å². The number of aliphatic hydroxyl groups is 1. The van der Waals surface area contributed by atoms with Gasteiger partial charge in [0.25, 0.3) is 0 Å². The lowest BCUT2D eigenvalue weighted by Gasteiger charge is -2.41. The summed E-state index contributed by atoms with van der Waals surface area (Å²) in [4.78, 5) is 28.9. The lowest BCUT2D eigenvalue weighted by Crippen LogP contribution is -2.59. The van der Waals surface area contributed by atoms with E-state index in [9.17, 15) is 14.7 Å². The largest absolute Gasteiger partial charge is 0.385 e. The minimum absolute atomic E-state index is 0.0270. The summed E-state index contributed by atoms with van der Waals surface area (Å²) in [5.41, 5.74) is -0.107. The first kappa shape index (κ1) is 20.1. The molecule has 27 heavy (non-hydrogen) atoms. The van der Waals surface area contributed by atoms with Crippen LogP contribution < -0.4 is 5.32 Å². The zero-order chi connectivity index (χ0) is 19.6. The van der Waals surface area contributed by atoms with Crippen LogP contribution in [0, 0.1) is 0 Å². The summed E-state index contributed by atoms with van der Waals surface area (Å²) in [7, 11) is 0. The average Bonchev–Trinajstić information content (AvgIpc) is 2.64. The minimum Gasteiger partial charge on any atom is -0.385 e. The summed E-state index contributed by atoms with van der Waals surface area (Å²) in [5.74, 6) is -0.0983. The molecule has 2 saturated heterocycles. The van der Waals surface area contributed by atoms with Crippen LogP contribution in [0.5, 0.6) is 0 Å². The van der Waals surface area contributed by atoms with Gasteiger partial charge in [0.05, 0.1) is 18.1 Å². The van der Waals surface area contributed by atoms with Crippen molar-refractivity contribution in [2.75, 3.05) is 26.2 Å². The number of amides is 2. The summed E-state index contributed by atoms with van der Waals surface area (Å²) in [5, 5.41) is 14.5. The quantitative estimate of drug-likeness (QED) is 0.817. The fraction of sp³-hybridized carbons (Fsp3) is 0.600. The Hall–Kier alpha value is -1.63. The molecule has 3 rings (SSSR count). The van der Waals surface area contributed by atoms with Crippen molar-refractivity contribution < 1.29 is 14.7 Å². The molecular weight excluding hydrogens is 366 g/mol. The van der Waals surface area contributed by atoms with Crippen molar-refractivity contribution in [3.63, 3.8) is 0 Å². The molecule has 0 bridgehead atoms. The van der Waals surface area contributed by atoms with Gasteiger partial charge in [-0.2, -0.15) is 0 Å². The highest BCUT2D eigenvalue weighted by Gasteiger charge is 2.38. The first-order valence-electron chi connectivity index (χ1n) is 9.60. The second-order valence-corrected chi connectivity index (χ2v) is 8.20. The molecule has 0 radical (unpaired) electrons. The van der Waals surface area contributed by atoms with Gasteiger partial charge in [-0.25, -0.2) is 0 Å². The Balaban J connectivity index is 1.61. The Labute approximate surface area is 165 Å². The number of nitrogens with zero attached hydrogens (tertiary/aromatic N) is 2. The molecule has 0 aliphatic carbocycles. The molecule has 0 saturated carbocycles. The van der Waals surface area contributed by atoms with Gasteiger partial charge in [-0.3, -0.25) is 14.5 Å². The van der Waals surface area contributed by atoms with Gasteiger partial charge in [-0.15, -0.1) is 0 Å². The number of hydrogen-bond acceptors (Lipinski definition) is 4. The van der Waals surface area contributed by atoms with Crippen molar-refractivity contribution >= 4 is 23.4 Å². The number of benzene rings is 1. The molecule has 2 N–H and O–H groups in total. The van der Waals surface area contributed by atoms with Crippen molar-refractivity contribution in [1.29, 1.82) is 0 Å². The molecule has 2 fully saturated rings. The van der Waals surface area contributed by atoms with E-state index in [0.29, 0.717) is 37.5 Å². The molecule has 6 nitrogen and oxygen atoms in total. The summed E-state index contributed by atoms with van der Waals surface area (Å²) >= 11 is 5.93. The third kappa shape index (κ3) is 4.45. The number of hydrogen-bond donors (Lipinski definition) is 2. The fourth-order valence-electron chi connectivity index (χ4n) is 4.03.